The van der Waals surface area contributed by atoms with E-state index in [1.54, 1.807) is 0 Å². The Morgan fingerprint density at radius 1 is 1.69 bits per heavy atom. The lowest BCUT2D eigenvalue weighted by atomic mass is 10.0. The number of thiophene rings is 1. The van der Waals surface area contributed by atoms with Crippen LogP contribution in [0, 0.1) is 6.92 Å². The minimum absolute atomic E-state index is 0.506. The Hall–Kier alpha value is -0.340. The van der Waals surface area contributed by atoms with Crippen LogP contribution >= 0.6 is 27.3 Å². The molecular weight excluding hydrogens is 244 g/mol. The van der Waals surface area contributed by atoms with Crippen LogP contribution < -0.4 is 0 Å². The number of fused-ring (bicyclic) bond motifs is 1. The van der Waals surface area contributed by atoms with Crippen LogP contribution in [0.3, 0.4) is 0 Å². The van der Waals surface area contributed by atoms with E-state index >= 15 is 0 Å². The smallest absolute Gasteiger partial charge is 0.0369 e. The van der Waals surface area contributed by atoms with E-state index < -0.39 is 0 Å². The van der Waals surface area contributed by atoms with E-state index in [4.69, 9.17) is 0 Å². The summed E-state index contributed by atoms with van der Waals surface area (Å²) in [6, 6.07) is 0. The van der Waals surface area contributed by atoms with Gasteiger partial charge in [0.15, 0.2) is 0 Å². The van der Waals surface area contributed by atoms with Gasteiger partial charge in [-0.1, -0.05) is 34.7 Å². The van der Waals surface area contributed by atoms with Crippen molar-refractivity contribution in [2.45, 2.75) is 18.2 Å². The molecule has 0 saturated carbocycles. The van der Waals surface area contributed by atoms with Crippen LogP contribution in [-0.4, -0.2) is 4.83 Å². The Bertz CT molecular complexity index is 374. The summed E-state index contributed by atoms with van der Waals surface area (Å²) in [6.45, 7) is 6.01. The number of hydrogen-bond acceptors (Lipinski definition) is 1. The fourth-order valence-corrected chi connectivity index (χ4v) is 3.21. The van der Waals surface area contributed by atoms with Crippen LogP contribution in [0.25, 0.3) is 12.2 Å². The molecule has 0 N–H and O–H groups in total. The Kier molecular flexibility index (Phi) is 2.43. The summed E-state index contributed by atoms with van der Waals surface area (Å²) in [5.74, 6) is 0. The SMILES string of the molecule is C=Cc1sc2c(c1C)CC(Br)C=C2. The summed E-state index contributed by atoms with van der Waals surface area (Å²) in [5.41, 5.74) is 2.90. The Balaban J connectivity index is 2.54. The normalized spacial score (nSPS) is 20.0. The average molecular weight is 255 g/mol. The molecule has 0 aromatic carbocycles. The minimum atomic E-state index is 0.506. The largest absolute Gasteiger partial charge is 0.136 e. The zero-order chi connectivity index (χ0) is 9.42. The second-order valence-corrected chi connectivity index (χ2v) is 5.48. The first kappa shape index (κ1) is 9.22. The van der Waals surface area contributed by atoms with Crippen molar-refractivity contribution in [2.75, 3.05) is 0 Å². The molecule has 2 heteroatoms. The summed E-state index contributed by atoms with van der Waals surface area (Å²) < 4.78 is 0. The van der Waals surface area contributed by atoms with E-state index in [-0.39, 0.29) is 0 Å². The van der Waals surface area contributed by atoms with Crippen LogP contribution in [0.1, 0.15) is 20.9 Å². The third-order valence-electron chi connectivity index (χ3n) is 2.38. The van der Waals surface area contributed by atoms with Gasteiger partial charge in [-0.3, -0.25) is 0 Å². The molecule has 68 valence electrons. The number of hydrogen-bond donors (Lipinski definition) is 0. The second-order valence-electron chi connectivity index (χ2n) is 3.22. The van der Waals surface area contributed by atoms with E-state index in [9.17, 15) is 0 Å². The van der Waals surface area contributed by atoms with Crippen molar-refractivity contribution >= 4 is 39.4 Å². The lowest BCUT2D eigenvalue weighted by Crippen LogP contribution is -2.04. The van der Waals surface area contributed by atoms with Crippen LogP contribution in [0.5, 0.6) is 0 Å². The third-order valence-corrected chi connectivity index (χ3v) is 4.30. The van der Waals surface area contributed by atoms with Gasteiger partial charge in [-0.05, 0) is 30.5 Å². The first-order valence-corrected chi connectivity index (χ1v) is 6.02. The maximum absolute atomic E-state index is 3.83. The van der Waals surface area contributed by atoms with Gasteiger partial charge in [-0.25, -0.2) is 0 Å². The quantitative estimate of drug-likeness (QED) is 0.664. The van der Waals surface area contributed by atoms with Crippen molar-refractivity contribution in [3.05, 3.63) is 33.5 Å². The highest BCUT2D eigenvalue weighted by Gasteiger charge is 2.17. The van der Waals surface area contributed by atoms with Gasteiger partial charge in [0.1, 0.15) is 0 Å². The van der Waals surface area contributed by atoms with Gasteiger partial charge in [0.2, 0.25) is 0 Å². The first-order chi connectivity index (χ1) is 6.22. The molecule has 0 radical (unpaired) electrons. The molecular formula is C11H11BrS. The predicted molar refractivity (Wildman–Crippen MR) is 64.6 cm³/mol. The lowest BCUT2D eigenvalue weighted by molar-refractivity contribution is 1.02. The number of alkyl halides is 1. The molecule has 2 rings (SSSR count). The average Bonchev–Trinajstić information content (AvgIpc) is 2.44. The highest BCUT2D eigenvalue weighted by atomic mass is 79.9. The van der Waals surface area contributed by atoms with E-state index in [2.05, 4.69) is 41.6 Å². The maximum atomic E-state index is 3.83. The standard InChI is InChI=1S/C11H11BrS/c1-3-10-7(2)9-6-8(12)4-5-11(9)13-10/h3-5,8H,1,6H2,2H3. The van der Waals surface area contributed by atoms with Gasteiger partial charge in [0.25, 0.3) is 0 Å². The van der Waals surface area contributed by atoms with Crippen LogP contribution in [0.4, 0.5) is 0 Å². The molecule has 1 atom stereocenters. The van der Waals surface area contributed by atoms with Crippen molar-refractivity contribution in [2.24, 2.45) is 0 Å². The molecule has 1 aromatic heterocycles. The molecule has 0 aliphatic heterocycles. The number of rotatable bonds is 1. The Morgan fingerprint density at radius 2 is 2.46 bits per heavy atom. The molecule has 1 aliphatic rings. The molecule has 0 amide bonds. The van der Waals surface area contributed by atoms with Crippen LogP contribution in [0.15, 0.2) is 12.7 Å². The fraction of sp³-hybridized carbons (Fsp3) is 0.273. The molecule has 0 fully saturated rings. The van der Waals surface area contributed by atoms with Gasteiger partial charge in [-0.2, -0.15) is 0 Å². The maximum Gasteiger partial charge on any atom is 0.0369 e. The molecule has 0 nitrogen and oxygen atoms in total. The summed E-state index contributed by atoms with van der Waals surface area (Å²) in [6.07, 6.45) is 7.49. The summed E-state index contributed by atoms with van der Waals surface area (Å²) in [5, 5.41) is 0. The third kappa shape index (κ3) is 1.53. The van der Waals surface area contributed by atoms with E-state index in [0.29, 0.717) is 4.83 Å². The van der Waals surface area contributed by atoms with E-state index in [1.165, 1.54) is 20.9 Å². The second kappa shape index (κ2) is 3.43. The Labute approximate surface area is 91.1 Å². The summed E-state index contributed by atoms with van der Waals surface area (Å²) in [7, 11) is 0. The van der Waals surface area contributed by atoms with Crippen molar-refractivity contribution < 1.29 is 0 Å². The first-order valence-electron chi connectivity index (χ1n) is 4.29. The van der Waals surface area contributed by atoms with Gasteiger partial charge in [0, 0.05) is 14.6 Å². The number of halogens is 1. The van der Waals surface area contributed by atoms with E-state index in [1.807, 2.05) is 17.4 Å². The highest BCUT2D eigenvalue weighted by molar-refractivity contribution is 9.09. The zero-order valence-corrected chi connectivity index (χ0v) is 9.91. The van der Waals surface area contributed by atoms with Crippen LogP contribution in [-0.2, 0) is 6.42 Å². The minimum Gasteiger partial charge on any atom is -0.136 e. The molecule has 0 saturated heterocycles. The molecule has 0 spiro atoms. The fourth-order valence-electron chi connectivity index (χ4n) is 1.63. The van der Waals surface area contributed by atoms with Gasteiger partial charge < -0.3 is 0 Å². The highest BCUT2D eigenvalue weighted by Crippen LogP contribution is 2.35. The lowest BCUT2D eigenvalue weighted by Gasteiger charge is -2.10. The van der Waals surface area contributed by atoms with Crippen molar-refractivity contribution in [3.8, 4) is 0 Å². The predicted octanol–water partition coefficient (Wildman–Crippen LogP) is 4.03. The summed E-state index contributed by atoms with van der Waals surface area (Å²) >= 11 is 5.45. The number of allylic oxidation sites excluding steroid dienone is 1. The molecule has 1 heterocycles. The van der Waals surface area contributed by atoms with Crippen LogP contribution in [0.2, 0.25) is 0 Å². The van der Waals surface area contributed by atoms with Gasteiger partial charge in [-0.15, -0.1) is 11.3 Å². The topological polar surface area (TPSA) is 0 Å². The zero-order valence-electron chi connectivity index (χ0n) is 7.51. The summed E-state index contributed by atoms with van der Waals surface area (Å²) in [4.78, 5) is 3.23. The Morgan fingerprint density at radius 3 is 3.15 bits per heavy atom. The van der Waals surface area contributed by atoms with Crippen molar-refractivity contribution in [1.29, 1.82) is 0 Å². The monoisotopic (exact) mass is 254 g/mol. The molecule has 0 bridgehead atoms. The van der Waals surface area contributed by atoms with Crippen molar-refractivity contribution in [1.82, 2.24) is 0 Å². The van der Waals surface area contributed by atoms with Crippen molar-refractivity contribution in [3.63, 3.8) is 0 Å². The molecule has 1 aromatic rings. The molecule has 13 heavy (non-hydrogen) atoms. The molecule has 1 aliphatic carbocycles. The van der Waals surface area contributed by atoms with Gasteiger partial charge >= 0.3 is 0 Å². The van der Waals surface area contributed by atoms with Gasteiger partial charge in [0.05, 0.1) is 0 Å². The molecule has 1 unspecified atom stereocenters. The van der Waals surface area contributed by atoms with E-state index in [0.717, 1.165) is 6.42 Å².